The van der Waals surface area contributed by atoms with Crippen LogP contribution in [0.2, 0.25) is 0 Å². The molecule has 2 heterocycles. The first-order chi connectivity index (χ1) is 9.72. The van der Waals surface area contributed by atoms with Gasteiger partial charge in [-0.2, -0.15) is 4.98 Å². The lowest BCUT2D eigenvalue weighted by molar-refractivity contribution is 0.239. The molecule has 1 aromatic heterocycles. The van der Waals surface area contributed by atoms with E-state index < -0.39 is 0 Å². The summed E-state index contributed by atoms with van der Waals surface area (Å²) in [5, 5.41) is 7.58. The molecular weight excluding hydrogens is 318 g/mol. The summed E-state index contributed by atoms with van der Waals surface area (Å²) >= 11 is 3.48. The third-order valence-electron chi connectivity index (χ3n) is 3.77. The summed E-state index contributed by atoms with van der Waals surface area (Å²) in [6.45, 7) is 3.26. The fourth-order valence-corrected chi connectivity index (χ4v) is 3.12. The molecule has 1 aliphatic rings. The van der Waals surface area contributed by atoms with E-state index in [9.17, 15) is 0 Å². The van der Waals surface area contributed by atoms with E-state index in [4.69, 9.17) is 4.52 Å². The van der Waals surface area contributed by atoms with Gasteiger partial charge in [0.25, 0.3) is 0 Å². The number of nitrogens with one attached hydrogen (secondary N) is 1. The van der Waals surface area contributed by atoms with Crippen LogP contribution in [0.15, 0.2) is 33.3 Å². The lowest BCUT2D eigenvalue weighted by Gasteiger charge is -2.26. The van der Waals surface area contributed by atoms with E-state index in [-0.39, 0.29) is 6.04 Å². The van der Waals surface area contributed by atoms with Crippen molar-refractivity contribution in [3.8, 4) is 0 Å². The van der Waals surface area contributed by atoms with Gasteiger partial charge in [-0.15, -0.1) is 0 Å². The van der Waals surface area contributed by atoms with E-state index in [1.807, 2.05) is 12.1 Å². The number of rotatable bonds is 3. The van der Waals surface area contributed by atoms with Crippen LogP contribution >= 0.6 is 15.9 Å². The lowest BCUT2D eigenvalue weighted by atomic mass is 9.93. The zero-order valence-corrected chi connectivity index (χ0v) is 13.1. The Kier molecular flexibility index (Phi) is 4.17. The van der Waals surface area contributed by atoms with Gasteiger partial charge in [-0.05, 0) is 43.0 Å². The van der Waals surface area contributed by atoms with E-state index in [1.54, 1.807) is 0 Å². The topological polar surface area (TPSA) is 51.0 Å². The van der Waals surface area contributed by atoms with Crippen molar-refractivity contribution in [1.29, 1.82) is 0 Å². The normalized spacial score (nSPS) is 22.9. The van der Waals surface area contributed by atoms with E-state index in [1.165, 1.54) is 18.4 Å². The van der Waals surface area contributed by atoms with Gasteiger partial charge in [-0.25, -0.2) is 0 Å². The fraction of sp³-hybridized carbons (Fsp3) is 0.467. The molecule has 0 radical (unpaired) electrons. The van der Waals surface area contributed by atoms with Crippen molar-refractivity contribution in [2.45, 2.75) is 32.2 Å². The van der Waals surface area contributed by atoms with Crippen molar-refractivity contribution in [3.63, 3.8) is 0 Å². The Morgan fingerprint density at radius 1 is 1.45 bits per heavy atom. The molecule has 0 saturated carbocycles. The Morgan fingerprint density at radius 3 is 3.15 bits per heavy atom. The Labute approximate surface area is 127 Å². The van der Waals surface area contributed by atoms with Crippen molar-refractivity contribution in [3.05, 3.63) is 46.0 Å². The number of hydrogen-bond acceptors (Lipinski definition) is 4. The number of halogens is 1. The molecule has 3 rings (SSSR count). The van der Waals surface area contributed by atoms with Crippen molar-refractivity contribution >= 4 is 15.9 Å². The minimum atomic E-state index is 0.201. The molecule has 20 heavy (non-hydrogen) atoms. The van der Waals surface area contributed by atoms with Gasteiger partial charge >= 0.3 is 0 Å². The van der Waals surface area contributed by atoms with Gasteiger partial charge in [0, 0.05) is 10.9 Å². The smallest absolute Gasteiger partial charge is 0.244 e. The predicted octanol–water partition coefficient (Wildman–Crippen LogP) is 3.48. The molecule has 1 N–H and O–H groups in total. The highest BCUT2D eigenvalue weighted by molar-refractivity contribution is 9.10. The summed E-state index contributed by atoms with van der Waals surface area (Å²) in [5.74, 6) is 2.02. The standard InChI is InChI=1S/C15H18BrN3O/c1-10-4-3-7-17-14(10)15-18-13(19-20-15)9-11-5-2-6-12(16)8-11/h2,5-6,8,10,14,17H,3-4,7,9H2,1H3. The number of piperidine rings is 1. The lowest BCUT2D eigenvalue weighted by Crippen LogP contribution is -2.33. The molecule has 4 nitrogen and oxygen atoms in total. The van der Waals surface area contributed by atoms with Crippen LogP contribution in [0.25, 0.3) is 0 Å². The zero-order valence-electron chi connectivity index (χ0n) is 11.5. The first-order valence-electron chi connectivity index (χ1n) is 7.02. The third-order valence-corrected chi connectivity index (χ3v) is 4.26. The van der Waals surface area contributed by atoms with E-state index in [0.29, 0.717) is 12.3 Å². The van der Waals surface area contributed by atoms with Gasteiger partial charge in [0.15, 0.2) is 5.82 Å². The van der Waals surface area contributed by atoms with Crippen LogP contribution in [-0.4, -0.2) is 16.7 Å². The average Bonchev–Trinajstić information content (AvgIpc) is 2.87. The molecule has 1 fully saturated rings. The first-order valence-corrected chi connectivity index (χ1v) is 7.82. The molecule has 1 saturated heterocycles. The number of aromatic nitrogens is 2. The Bertz CT molecular complexity index is 584. The summed E-state index contributed by atoms with van der Waals surface area (Å²) in [6.07, 6.45) is 3.13. The molecular formula is C15H18BrN3O. The third kappa shape index (κ3) is 3.10. The summed E-state index contributed by atoms with van der Waals surface area (Å²) in [5.41, 5.74) is 1.18. The molecule has 0 aliphatic carbocycles. The van der Waals surface area contributed by atoms with Crippen molar-refractivity contribution < 1.29 is 4.52 Å². The SMILES string of the molecule is CC1CCCNC1c1nc(Cc2cccc(Br)c2)no1. The van der Waals surface area contributed by atoms with Crippen LogP contribution in [0.1, 0.15) is 43.1 Å². The zero-order chi connectivity index (χ0) is 13.9. The summed E-state index contributed by atoms with van der Waals surface area (Å²) in [6, 6.07) is 8.39. The molecule has 0 spiro atoms. The second-order valence-electron chi connectivity index (χ2n) is 5.41. The second kappa shape index (κ2) is 6.06. The summed E-state index contributed by atoms with van der Waals surface area (Å²) in [7, 11) is 0. The van der Waals surface area contributed by atoms with E-state index in [2.05, 4.69) is 50.4 Å². The van der Waals surface area contributed by atoms with Crippen LogP contribution in [0.4, 0.5) is 0 Å². The fourth-order valence-electron chi connectivity index (χ4n) is 2.68. The first kappa shape index (κ1) is 13.8. The molecule has 1 aliphatic heterocycles. The van der Waals surface area contributed by atoms with Gasteiger partial charge in [-0.3, -0.25) is 0 Å². The number of benzene rings is 1. The van der Waals surface area contributed by atoms with Crippen molar-refractivity contribution in [2.75, 3.05) is 6.54 Å². The predicted molar refractivity (Wildman–Crippen MR) is 80.4 cm³/mol. The quantitative estimate of drug-likeness (QED) is 0.932. The maximum Gasteiger partial charge on any atom is 0.244 e. The van der Waals surface area contributed by atoms with Crippen LogP contribution in [0, 0.1) is 5.92 Å². The molecule has 0 bridgehead atoms. The molecule has 5 heteroatoms. The van der Waals surface area contributed by atoms with E-state index in [0.717, 1.165) is 22.7 Å². The van der Waals surface area contributed by atoms with Crippen LogP contribution in [0.5, 0.6) is 0 Å². The molecule has 106 valence electrons. The van der Waals surface area contributed by atoms with Gasteiger partial charge < -0.3 is 9.84 Å². The van der Waals surface area contributed by atoms with Gasteiger partial charge in [0.1, 0.15) is 0 Å². The molecule has 2 unspecified atom stereocenters. The van der Waals surface area contributed by atoms with Gasteiger partial charge in [0.05, 0.1) is 6.04 Å². The minimum absolute atomic E-state index is 0.201. The number of nitrogens with zero attached hydrogens (tertiary/aromatic N) is 2. The van der Waals surface area contributed by atoms with Crippen LogP contribution in [0.3, 0.4) is 0 Å². The monoisotopic (exact) mass is 335 g/mol. The number of hydrogen-bond donors (Lipinski definition) is 1. The Morgan fingerprint density at radius 2 is 2.35 bits per heavy atom. The highest BCUT2D eigenvalue weighted by atomic mass is 79.9. The van der Waals surface area contributed by atoms with Crippen molar-refractivity contribution in [1.82, 2.24) is 15.5 Å². The summed E-state index contributed by atoms with van der Waals surface area (Å²) < 4.78 is 6.51. The molecule has 2 aromatic rings. The average molecular weight is 336 g/mol. The van der Waals surface area contributed by atoms with Gasteiger partial charge in [0.2, 0.25) is 5.89 Å². The van der Waals surface area contributed by atoms with Crippen LogP contribution < -0.4 is 5.32 Å². The van der Waals surface area contributed by atoms with E-state index >= 15 is 0 Å². The maximum atomic E-state index is 5.44. The summed E-state index contributed by atoms with van der Waals surface area (Å²) in [4.78, 5) is 4.55. The molecule has 1 aromatic carbocycles. The van der Waals surface area contributed by atoms with Crippen LogP contribution in [-0.2, 0) is 6.42 Å². The molecule has 0 amide bonds. The minimum Gasteiger partial charge on any atom is -0.338 e. The maximum absolute atomic E-state index is 5.44. The second-order valence-corrected chi connectivity index (χ2v) is 6.32. The van der Waals surface area contributed by atoms with Crippen molar-refractivity contribution in [2.24, 2.45) is 5.92 Å². The largest absolute Gasteiger partial charge is 0.338 e. The Hall–Kier alpha value is -1.20. The highest BCUT2D eigenvalue weighted by Gasteiger charge is 2.27. The molecule has 2 atom stereocenters. The Balaban J connectivity index is 1.73. The highest BCUT2D eigenvalue weighted by Crippen LogP contribution is 2.27. The van der Waals surface area contributed by atoms with Gasteiger partial charge in [-0.1, -0.05) is 40.1 Å².